The Kier molecular flexibility index (Phi) is 4.99. The quantitative estimate of drug-likeness (QED) is 0.697. The molecular weight excluding hydrogens is 338 g/mol. The third-order valence-corrected chi connectivity index (χ3v) is 5.30. The molecule has 0 amide bonds. The van der Waals surface area contributed by atoms with Gasteiger partial charge in [0.2, 0.25) is 0 Å². The minimum Gasteiger partial charge on any atom is -0.316 e. The molecule has 0 bridgehead atoms. The van der Waals surface area contributed by atoms with E-state index in [0.29, 0.717) is 18.0 Å². The van der Waals surface area contributed by atoms with Gasteiger partial charge in [0.15, 0.2) is 5.82 Å². The van der Waals surface area contributed by atoms with Crippen LogP contribution < -0.4 is 0 Å². The smallest absolute Gasteiger partial charge is 0.154 e. The number of piperidine rings is 1. The van der Waals surface area contributed by atoms with Crippen molar-refractivity contribution >= 4 is 0 Å². The summed E-state index contributed by atoms with van der Waals surface area (Å²) in [7, 11) is 2.05. The van der Waals surface area contributed by atoms with Crippen LogP contribution >= 0.6 is 0 Å². The molecule has 0 spiro atoms. The summed E-state index contributed by atoms with van der Waals surface area (Å²) in [5.41, 5.74) is 1.97. The van der Waals surface area contributed by atoms with Crippen LogP contribution in [0.1, 0.15) is 41.5 Å². The van der Waals surface area contributed by atoms with E-state index in [4.69, 9.17) is 5.26 Å². The summed E-state index contributed by atoms with van der Waals surface area (Å²) in [6.07, 6.45) is 5.89. The Morgan fingerprint density at radius 2 is 1.89 bits per heavy atom. The highest BCUT2D eigenvalue weighted by Gasteiger charge is 2.25. The summed E-state index contributed by atoms with van der Waals surface area (Å²) < 4.78 is 4.00. The first-order chi connectivity index (χ1) is 13.2. The van der Waals surface area contributed by atoms with Gasteiger partial charge in [-0.15, -0.1) is 10.2 Å². The third-order valence-electron chi connectivity index (χ3n) is 5.30. The van der Waals surface area contributed by atoms with E-state index < -0.39 is 0 Å². The molecule has 0 unspecified atom stereocenters. The van der Waals surface area contributed by atoms with Crippen molar-refractivity contribution in [2.45, 2.75) is 31.8 Å². The maximum absolute atomic E-state index is 8.90. The molecule has 0 N–H and O–H groups in total. The Balaban J connectivity index is 1.35. The maximum atomic E-state index is 8.90. The average molecular weight is 361 g/mol. The van der Waals surface area contributed by atoms with Crippen LogP contribution in [0.3, 0.4) is 0 Å². The van der Waals surface area contributed by atoms with E-state index in [9.17, 15) is 0 Å². The fraction of sp³-hybridized carbons (Fsp3) is 0.400. The number of rotatable bonds is 5. The normalized spacial score (nSPS) is 15.7. The predicted molar refractivity (Wildman–Crippen MR) is 101 cm³/mol. The minimum absolute atomic E-state index is 0.450. The first-order valence-corrected chi connectivity index (χ1v) is 9.30. The van der Waals surface area contributed by atoms with Crippen molar-refractivity contribution < 1.29 is 0 Å². The molecule has 1 aliphatic heterocycles. The van der Waals surface area contributed by atoms with E-state index >= 15 is 0 Å². The molecule has 138 valence electrons. The zero-order valence-corrected chi connectivity index (χ0v) is 15.5. The molecule has 0 aliphatic carbocycles. The molecule has 0 radical (unpaired) electrons. The van der Waals surface area contributed by atoms with Crippen LogP contribution in [0, 0.1) is 11.3 Å². The Morgan fingerprint density at radius 1 is 1.11 bits per heavy atom. The van der Waals surface area contributed by atoms with Crippen molar-refractivity contribution in [1.29, 1.82) is 5.26 Å². The minimum atomic E-state index is 0.450. The van der Waals surface area contributed by atoms with Crippen molar-refractivity contribution in [3.63, 3.8) is 0 Å². The Bertz CT molecular complexity index is 910. The van der Waals surface area contributed by atoms with Crippen LogP contribution in [0.15, 0.2) is 42.7 Å². The zero-order chi connectivity index (χ0) is 18.6. The van der Waals surface area contributed by atoms with Gasteiger partial charge in [0, 0.05) is 31.9 Å². The second kappa shape index (κ2) is 7.72. The summed E-state index contributed by atoms with van der Waals surface area (Å²) >= 11 is 0. The molecular formula is C20H23N7. The van der Waals surface area contributed by atoms with Crippen LogP contribution in [-0.4, -0.2) is 42.5 Å². The highest BCUT2D eigenvalue weighted by molar-refractivity contribution is 5.31. The maximum Gasteiger partial charge on any atom is 0.154 e. The van der Waals surface area contributed by atoms with Gasteiger partial charge in [-0.25, -0.2) is 0 Å². The van der Waals surface area contributed by atoms with Gasteiger partial charge in [0.1, 0.15) is 12.4 Å². The third kappa shape index (κ3) is 3.91. The fourth-order valence-electron chi connectivity index (χ4n) is 3.70. The standard InChI is InChI=1S/C20H23N7/c1-25-19(15-27-10-2-9-22-27)23-24-20(25)18-7-11-26(12-8-18)14-17-5-3-16(13-21)4-6-17/h2-6,9-10,18H,7-8,11-12,14-15H2,1H3. The molecule has 1 aromatic carbocycles. The molecule has 1 saturated heterocycles. The molecule has 2 aromatic heterocycles. The van der Waals surface area contributed by atoms with E-state index in [-0.39, 0.29) is 0 Å². The number of benzene rings is 1. The van der Waals surface area contributed by atoms with Gasteiger partial charge in [-0.1, -0.05) is 12.1 Å². The summed E-state index contributed by atoms with van der Waals surface area (Å²) in [5, 5.41) is 22.0. The van der Waals surface area contributed by atoms with E-state index in [0.717, 1.165) is 44.1 Å². The SMILES string of the molecule is Cn1c(Cn2cccn2)nnc1C1CCN(Cc2ccc(C#N)cc2)CC1. The van der Waals surface area contributed by atoms with Gasteiger partial charge in [0.25, 0.3) is 0 Å². The predicted octanol–water partition coefficient (Wildman–Crippen LogP) is 2.31. The summed E-state index contributed by atoms with van der Waals surface area (Å²) in [6, 6.07) is 12.0. The number of nitriles is 1. The molecule has 0 atom stereocenters. The van der Waals surface area contributed by atoms with Crippen LogP contribution in [0.4, 0.5) is 0 Å². The van der Waals surface area contributed by atoms with Gasteiger partial charge in [-0.2, -0.15) is 10.4 Å². The van der Waals surface area contributed by atoms with Crippen molar-refractivity contribution in [3.8, 4) is 6.07 Å². The Morgan fingerprint density at radius 3 is 2.56 bits per heavy atom. The lowest BCUT2D eigenvalue weighted by molar-refractivity contribution is 0.200. The lowest BCUT2D eigenvalue weighted by Gasteiger charge is -2.31. The van der Waals surface area contributed by atoms with Gasteiger partial charge in [0.05, 0.1) is 11.6 Å². The van der Waals surface area contributed by atoms with Crippen molar-refractivity contribution in [3.05, 3.63) is 65.5 Å². The van der Waals surface area contributed by atoms with Gasteiger partial charge >= 0.3 is 0 Å². The largest absolute Gasteiger partial charge is 0.316 e. The van der Waals surface area contributed by atoms with Gasteiger partial charge in [-0.3, -0.25) is 9.58 Å². The number of likely N-dealkylation sites (tertiary alicyclic amines) is 1. The number of hydrogen-bond acceptors (Lipinski definition) is 5. The number of hydrogen-bond donors (Lipinski definition) is 0. The highest BCUT2D eigenvalue weighted by Crippen LogP contribution is 2.27. The molecule has 1 fully saturated rings. The zero-order valence-electron chi connectivity index (χ0n) is 15.5. The van der Waals surface area contributed by atoms with Gasteiger partial charge in [-0.05, 0) is 49.7 Å². The second-order valence-electron chi connectivity index (χ2n) is 7.10. The highest BCUT2D eigenvalue weighted by atomic mass is 15.3. The monoisotopic (exact) mass is 361 g/mol. The summed E-state index contributed by atoms with van der Waals surface area (Å²) in [4.78, 5) is 2.47. The molecule has 27 heavy (non-hydrogen) atoms. The molecule has 7 heteroatoms. The van der Waals surface area contributed by atoms with Crippen LogP contribution in [0.2, 0.25) is 0 Å². The summed E-state index contributed by atoms with van der Waals surface area (Å²) in [5.74, 6) is 2.47. The second-order valence-corrected chi connectivity index (χ2v) is 7.10. The van der Waals surface area contributed by atoms with Crippen molar-refractivity contribution in [2.75, 3.05) is 13.1 Å². The molecule has 1 aliphatic rings. The first-order valence-electron chi connectivity index (χ1n) is 9.30. The fourth-order valence-corrected chi connectivity index (χ4v) is 3.70. The van der Waals surface area contributed by atoms with E-state index in [1.54, 1.807) is 6.20 Å². The molecule has 0 saturated carbocycles. The van der Waals surface area contributed by atoms with E-state index in [1.165, 1.54) is 5.56 Å². The topological polar surface area (TPSA) is 75.6 Å². The average Bonchev–Trinajstić information content (AvgIpc) is 3.34. The lowest BCUT2D eigenvalue weighted by atomic mass is 9.95. The molecule has 3 heterocycles. The van der Waals surface area contributed by atoms with E-state index in [2.05, 4.69) is 50.0 Å². The van der Waals surface area contributed by atoms with E-state index in [1.807, 2.05) is 29.1 Å². The Labute approximate surface area is 158 Å². The first kappa shape index (κ1) is 17.4. The Hall–Kier alpha value is -2.98. The molecule has 3 aromatic rings. The molecule has 4 rings (SSSR count). The molecule has 7 nitrogen and oxygen atoms in total. The van der Waals surface area contributed by atoms with Crippen LogP contribution in [0.25, 0.3) is 0 Å². The van der Waals surface area contributed by atoms with Crippen molar-refractivity contribution in [2.24, 2.45) is 7.05 Å². The van der Waals surface area contributed by atoms with Gasteiger partial charge < -0.3 is 4.57 Å². The lowest BCUT2D eigenvalue weighted by Crippen LogP contribution is -2.33. The summed E-state index contributed by atoms with van der Waals surface area (Å²) in [6.45, 7) is 3.67. The number of nitrogens with zero attached hydrogens (tertiary/aromatic N) is 7. The number of aromatic nitrogens is 5. The van der Waals surface area contributed by atoms with Crippen LogP contribution in [-0.2, 0) is 20.1 Å². The van der Waals surface area contributed by atoms with Crippen LogP contribution in [0.5, 0.6) is 0 Å². The van der Waals surface area contributed by atoms with Crippen molar-refractivity contribution in [1.82, 2.24) is 29.4 Å².